The van der Waals surface area contributed by atoms with E-state index in [-0.39, 0.29) is 0 Å². The van der Waals surface area contributed by atoms with E-state index in [1.165, 1.54) is 25.7 Å². The third-order valence-corrected chi connectivity index (χ3v) is 6.49. The Balaban J connectivity index is 0.000000609. The fraction of sp³-hybridized carbons (Fsp3) is 0.209. The molecule has 4 rings (SSSR count). The number of allylic oxidation sites excluding steroid dienone is 3. The minimum atomic E-state index is 0.834. The Bertz CT molecular complexity index is 1330. The Morgan fingerprint density at radius 3 is 1.51 bits per heavy atom. The first-order valence-electron chi connectivity index (χ1n) is 15.8. The summed E-state index contributed by atoms with van der Waals surface area (Å²) in [4.78, 5) is 2.21. The lowest BCUT2D eigenvalue weighted by Gasteiger charge is -2.24. The normalized spacial score (nSPS) is 9.24. The smallest absolute Gasteiger partial charge is 0.119 e. The molecule has 0 radical (unpaired) electrons. The molecule has 0 aromatic heterocycles. The van der Waals surface area contributed by atoms with Gasteiger partial charge in [-0.25, -0.2) is 0 Å². The molecule has 4 aromatic carbocycles. The number of anilines is 2. The molecule has 2 heteroatoms. The molecule has 0 N–H and O–H groups in total. The van der Waals surface area contributed by atoms with Crippen molar-refractivity contribution in [2.24, 2.45) is 0 Å². The van der Waals surface area contributed by atoms with E-state index in [4.69, 9.17) is 4.74 Å². The van der Waals surface area contributed by atoms with Gasteiger partial charge in [0.25, 0.3) is 0 Å². The van der Waals surface area contributed by atoms with Crippen LogP contribution in [-0.2, 0) is 0 Å². The van der Waals surface area contributed by atoms with Crippen molar-refractivity contribution in [3.05, 3.63) is 177 Å². The van der Waals surface area contributed by atoms with Gasteiger partial charge in [-0.1, -0.05) is 130 Å². The molecule has 0 fully saturated rings. The SMILES string of the molecule is C=CC.C=CCC.C=CCCCCC.C=Cc1ccc(N(C=C(c2ccccc2)c2ccccc2)c2ccc(OC)cc2)cc1. The van der Waals surface area contributed by atoms with Crippen LogP contribution >= 0.6 is 0 Å². The number of hydrogen-bond acceptors (Lipinski definition) is 2. The monoisotopic (exact) mass is 599 g/mol. The first kappa shape index (κ1) is 38.2. The van der Waals surface area contributed by atoms with Crippen LogP contribution in [0.1, 0.15) is 69.6 Å². The number of ether oxygens (including phenoxy) is 1. The van der Waals surface area contributed by atoms with Crippen LogP contribution in [-0.4, -0.2) is 7.11 Å². The van der Waals surface area contributed by atoms with Gasteiger partial charge in [-0.3, -0.25) is 0 Å². The van der Waals surface area contributed by atoms with Crippen molar-refractivity contribution >= 4 is 23.0 Å². The van der Waals surface area contributed by atoms with E-state index in [0.717, 1.165) is 45.8 Å². The molecular formula is C43H53NO. The molecule has 0 heterocycles. The van der Waals surface area contributed by atoms with Gasteiger partial charge in [0.05, 0.1) is 7.11 Å². The summed E-state index contributed by atoms with van der Waals surface area (Å²) in [6.07, 6.45) is 15.9. The molecule has 0 aliphatic rings. The first-order chi connectivity index (χ1) is 22.0. The quantitative estimate of drug-likeness (QED) is 0.119. The third-order valence-electron chi connectivity index (χ3n) is 6.49. The van der Waals surface area contributed by atoms with Crippen molar-refractivity contribution in [3.63, 3.8) is 0 Å². The second kappa shape index (κ2) is 24.6. The Hall–Kier alpha value is -4.82. The zero-order valence-corrected chi connectivity index (χ0v) is 28.0. The molecule has 0 aliphatic heterocycles. The molecule has 0 aliphatic carbocycles. The average Bonchev–Trinajstić information content (AvgIpc) is 3.11. The fourth-order valence-electron chi connectivity index (χ4n) is 4.03. The number of nitrogens with zero attached hydrogens (tertiary/aromatic N) is 1. The highest BCUT2D eigenvalue weighted by atomic mass is 16.5. The Kier molecular flexibility index (Phi) is 20.9. The Morgan fingerprint density at radius 2 is 1.13 bits per heavy atom. The van der Waals surface area contributed by atoms with Gasteiger partial charge in [0, 0.05) is 23.1 Å². The maximum absolute atomic E-state index is 5.36. The standard InChI is InChI=1S/C29H25NO.C7H14.C4H8.C3H6/c1-3-23-14-16-26(17-15-23)30(27-18-20-28(31-2)21-19-27)22-29(24-10-6-4-7-11-24)25-12-8-5-9-13-25;1-3-5-7-6-4-2;1-3-4-2;1-3-2/h3-22H,1H2,2H3;3H,1,4-7H2,2H3;3H,1,4H2,2H3;3H,1H2,2H3. The van der Waals surface area contributed by atoms with Gasteiger partial charge in [-0.05, 0) is 79.3 Å². The third kappa shape index (κ3) is 15.0. The van der Waals surface area contributed by atoms with Crippen LogP contribution < -0.4 is 9.64 Å². The van der Waals surface area contributed by atoms with Gasteiger partial charge in [0.2, 0.25) is 0 Å². The molecule has 0 bridgehead atoms. The van der Waals surface area contributed by atoms with Crippen LogP contribution in [0.25, 0.3) is 11.6 Å². The molecule has 0 saturated carbocycles. The van der Waals surface area contributed by atoms with Crippen LogP contribution in [0.5, 0.6) is 5.75 Å². The molecular weight excluding hydrogens is 546 g/mol. The number of hydrogen-bond donors (Lipinski definition) is 0. The van der Waals surface area contributed by atoms with E-state index in [0.29, 0.717) is 0 Å². The van der Waals surface area contributed by atoms with E-state index in [2.05, 4.69) is 136 Å². The second-order valence-corrected chi connectivity index (χ2v) is 10.0. The van der Waals surface area contributed by atoms with Crippen molar-refractivity contribution in [3.8, 4) is 5.75 Å². The first-order valence-corrected chi connectivity index (χ1v) is 15.8. The predicted octanol–water partition coefficient (Wildman–Crippen LogP) is 13.1. The maximum Gasteiger partial charge on any atom is 0.119 e. The van der Waals surface area contributed by atoms with Crippen molar-refractivity contribution in [1.82, 2.24) is 0 Å². The lowest BCUT2D eigenvalue weighted by Crippen LogP contribution is -2.10. The molecule has 0 spiro atoms. The van der Waals surface area contributed by atoms with Crippen molar-refractivity contribution in [1.29, 1.82) is 0 Å². The molecule has 0 unspecified atom stereocenters. The fourth-order valence-corrected chi connectivity index (χ4v) is 4.03. The van der Waals surface area contributed by atoms with Crippen LogP contribution in [0, 0.1) is 0 Å². The van der Waals surface area contributed by atoms with Crippen molar-refractivity contribution in [2.45, 2.75) is 52.9 Å². The maximum atomic E-state index is 5.36. The highest BCUT2D eigenvalue weighted by Gasteiger charge is 2.12. The summed E-state index contributed by atoms with van der Waals surface area (Å²) >= 11 is 0. The number of rotatable bonds is 12. The molecule has 236 valence electrons. The van der Waals surface area contributed by atoms with Gasteiger partial charge in [-0.15, -0.1) is 19.7 Å². The molecule has 4 aromatic rings. The molecule has 0 saturated heterocycles. The van der Waals surface area contributed by atoms with E-state index in [1.807, 2.05) is 49.4 Å². The number of methoxy groups -OCH3 is 1. The van der Waals surface area contributed by atoms with Crippen molar-refractivity contribution < 1.29 is 4.74 Å². The van der Waals surface area contributed by atoms with Crippen molar-refractivity contribution in [2.75, 3.05) is 12.0 Å². The van der Waals surface area contributed by atoms with Gasteiger partial charge < -0.3 is 9.64 Å². The summed E-state index contributed by atoms with van der Waals surface area (Å²) in [5.41, 5.74) is 6.68. The van der Waals surface area contributed by atoms with E-state index in [9.17, 15) is 0 Å². The largest absolute Gasteiger partial charge is 0.497 e. The minimum absolute atomic E-state index is 0.834. The summed E-state index contributed by atoms with van der Waals surface area (Å²) in [7, 11) is 1.68. The minimum Gasteiger partial charge on any atom is -0.497 e. The predicted molar refractivity (Wildman–Crippen MR) is 202 cm³/mol. The van der Waals surface area contributed by atoms with Gasteiger partial charge in [-0.2, -0.15) is 0 Å². The van der Waals surface area contributed by atoms with Gasteiger partial charge in [0.15, 0.2) is 0 Å². The summed E-state index contributed by atoms with van der Waals surface area (Å²) in [6, 6.07) is 37.5. The topological polar surface area (TPSA) is 12.5 Å². The lowest BCUT2D eigenvalue weighted by molar-refractivity contribution is 0.415. The lowest BCUT2D eigenvalue weighted by atomic mass is 9.98. The highest BCUT2D eigenvalue weighted by Crippen LogP contribution is 2.32. The Morgan fingerprint density at radius 1 is 0.667 bits per heavy atom. The van der Waals surface area contributed by atoms with Gasteiger partial charge >= 0.3 is 0 Å². The zero-order chi connectivity index (χ0) is 33.1. The van der Waals surface area contributed by atoms with E-state index < -0.39 is 0 Å². The zero-order valence-electron chi connectivity index (χ0n) is 28.0. The molecule has 0 atom stereocenters. The summed E-state index contributed by atoms with van der Waals surface area (Å²) in [5.74, 6) is 0.834. The number of unbranched alkanes of at least 4 members (excludes halogenated alkanes) is 3. The number of benzene rings is 4. The average molecular weight is 600 g/mol. The van der Waals surface area contributed by atoms with Crippen LogP contribution in [0.2, 0.25) is 0 Å². The van der Waals surface area contributed by atoms with Crippen LogP contribution in [0.15, 0.2) is 160 Å². The summed E-state index contributed by atoms with van der Waals surface area (Å²) in [5, 5.41) is 0. The van der Waals surface area contributed by atoms with Gasteiger partial charge in [0.1, 0.15) is 5.75 Å². The van der Waals surface area contributed by atoms with E-state index in [1.54, 1.807) is 13.2 Å². The second-order valence-electron chi connectivity index (χ2n) is 10.0. The summed E-state index contributed by atoms with van der Waals surface area (Å²) < 4.78 is 5.36. The summed E-state index contributed by atoms with van der Waals surface area (Å²) in [6.45, 7) is 20.5. The highest BCUT2D eigenvalue weighted by molar-refractivity contribution is 5.84. The van der Waals surface area contributed by atoms with E-state index >= 15 is 0 Å². The molecule has 2 nitrogen and oxygen atoms in total. The Labute approximate surface area is 274 Å². The molecule has 0 amide bonds. The van der Waals surface area contributed by atoms with Crippen LogP contribution in [0.3, 0.4) is 0 Å². The van der Waals surface area contributed by atoms with Crippen LogP contribution in [0.4, 0.5) is 11.4 Å². The molecule has 45 heavy (non-hydrogen) atoms.